The maximum atomic E-state index is 5.65. The van der Waals surface area contributed by atoms with Crippen LogP contribution in [-0.4, -0.2) is 25.3 Å². The van der Waals surface area contributed by atoms with Crippen LogP contribution in [0.5, 0.6) is 0 Å². The number of ether oxygens (including phenoxy) is 1. The van der Waals surface area contributed by atoms with Crippen LogP contribution in [0, 0.1) is 5.92 Å². The molecule has 0 amide bonds. The maximum absolute atomic E-state index is 5.65. The minimum atomic E-state index is 0.219. The Bertz CT molecular complexity index is 145. The zero-order valence-electron chi connectivity index (χ0n) is 9.94. The molecular weight excluding hydrogens is 174 g/mol. The van der Waals surface area contributed by atoms with Crippen LogP contribution in [-0.2, 0) is 4.74 Å². The van der Waals surface area contributed by atoms with Crippen molar-refractivity contribution < 1.29 is 4.74 Å². The van der Waals surface area contributed by atoms with Crippen molar-refractivity contribution in [3.8, 4) is 0 Å². The molecule has 0 aliphatic heterocycles. The highest BCUT2D eigenvalue weighted by atomic mass is 16.5. The van der Waals surface area contributed by atoms with Crippen molar-refractivity contribution in [1.82, 2.24) is 5.32 Å². The fourth-order valence-electron chi connectivity index (χ4n) is 1.93. The first kappa shape index (κ1) is 12.0. The lowest BCUT2D eigenvalue weighted by molar-refractivity contribution is 0.0994. The molecule has 0 atom stereocenters. The van der Waals surface area contributed by atoms with Crippen molar-refractivity contribution in [2.24, 2.45) is 5.92 Å². The van der Waals surface area contributed by atoms with Crippen molar-refractivity contribution in [3.05, 3.63) is 0 Å². The third kappa shape index (κ3) is 5.61. The summed E-state index contributed by atoms with van der Waals surface area (Å²) in [5, 5.41) is 3.42. The van der Waals surface area contributed by atoms with Gasteiger partial charge in [-0.1, -0.05) is 12.8 Å². The molecule has 2 nitrogen and oxygen atoms in total. The van der Waals surface area contributed by atoms with Crippen LogP contribution < -0.4 is 5.32 Å². The van der Waals surface area contributed by atoms with Crippen LogP contribution >= 0.6 is 0 Å². The first-order chi connectivity index (χ1) is 6.58. The summed E-state index contributed by atoms with van der Waals surface area (Å²) >= 11 is 0. The van der Waals surface area contributed by atoms with E-state index in [2.05, 4.69) is 26.1 Å². The van der Waals surface area contributed by atoms with Gasteiger partial charge < -0.3 is 10.1 Å². The summed E-state index contributed by atoms with van der Waals surface area (Å²) in [5.74, 6) is 0.852. The van der Waals surface area contributed by atoms with Gasteiger partial charge in [0.1, 0.15) is 0 Å². The predicted molar refractivity (Wildman–Crippen MR) is 60.5 cm³/mol. The highest BCUT2D eigenvalue weighted by Gasteiger charge is 2.14. The quantitative estimate of drug-likeness (QED) is 0.687. The van der Waals surface area contributed by atoms with E-state index in [4.69, 9.17) is 4.74 Å². The molecule has 1 rings (SSSR count). The average molecular weight is 199 g/mol. The third-order valence-corrected chi connectivity index (χ3v) is 2.73. The van der Waals surface area contributed by atoms with Crippen molar-refractivity contribution in [3.63, 3.8) is 0 Å². The molecule has 0 aromatic heterocycles. The first-order valence-corrected chi connectivity index (χ1v) is 5.91. The second-order valence-corrected chi connectivity index (χ2v) is 5.40. The van der Waals surface area contributed by atoms with Gasteiger partial charge >= 0.3 is 0 Å². The molecule has 0 heterocycles. The van der Waals surface area contributed by atoms with E-state index in [-0.39, 0.29) is 5.54 Å². The van der Waals surface area contributed by atoms with Crippen molar-refractivity contribution in [2.45, 2.75) is 52.0 Å². The fraction of sp³-hybridized carbons (Fsp3) is 1.00. The Balaban J connectivity index is 1.89. The summed E-state index contributed by atoms with van der Waals surface area (Å²) in [6.07, 6.45) is 5.59. The normalized spacial score (nSPS) is 19.1. The van der Waals surface area contributed by atoms with Crippen LogP contribution in [0.2, 0.25) is 0 Å². The Morgan fingerprint density at radius 2 is 1.86 bits per heavy atom. The van der Waals surface area contributed by atoms with E-state index in [0.717, 1.165) is 25.7 Å². The van der Waals surface area contributed by atoms with Gasteiger partial charge in [-0.15, -0.1) is 0 Å². The summed E-state index contributed by atoms with van der Waals surface area (Å²) in [7, 11) is 0. The maximum Gasteiger partial charge on any atom is 0.0591 e. The summed E-state index contributed by atoms with van der Waals surface area (Å²) in [6, 6.07) is 0. The highest BCUT2D eigenvalue weighted by Crippen LogP contribution is 2.24. The summed E-state index contributed by atoms with van der Waals surface area (Å²) in [4.78, 5) is 0. The van der Waals surface area contributed by atoms with E-state index in [1.807, 2.05) is 0 Å². The molecule has 1 fully saturated rings. The van der Waals surface area contributed by atoms with Crippen LogP contribution in [0.15, 0.2) is 0 Å². The molecule has 1 saturated carbocycles. The van der Waals surface area contributed by atoms with Crippen molar-refractivity contribution in [1.29, 1.82) is 0 Å². The van der Waals surface area contributed by atoms with Gasteiger partial charge in [-0.25, -0.2) is 0 Å². The summed E-state index contributed by atoms with van der Waals surface area (Å²) in [5.41, 5.74) is 0.219. The molecule has 2 heteroatoms. The molecule has 0 saturated heterocycles. The van der Waals surface area contributed by atoms with Gasteiger partial charge in [0.2, 0.25) is 0 Å². The first-order valence-electron chi connectivity index (χ1n) is 5.91. The average Bonchev–Trinajstić information content (AvgIpc) is 2.54. The van der Waals surface area contributed by atoms with Gasteiger partial charge in [0.15, 0.2) is 0 Å². The second-order valence-electron chi connectivity index (χ2n) is 5.40. The topological polar surface area (TPSA) is 21.3 Å². The molecule has 84 valence electrons. The van der Waals surface area contributed by atoms with Gasteiger partial charge in [0, 0.05) is 18.7 Å². The predicted octanol–water partition coefficient (Wildman–Crippen LogP) is 2.58. The van der Waals surface area contributed by atoms with Crippen LogP contribution in [0.3, 0.4) is 0 Å². The molecule has 0 radical (unpaired) electrons. The van der Waals surface area contributed by atoms with Gasteiger partial charge in [0.05, 0.1) is 6.61 Å². The molecule has 0 aromatic rings. The molecule has 0 aromatic carbocycles. The van der Waals surface area contributed by atoms with E-state index in [1.165, 1.54) is 25.7 Å². The Morgan fingerprint density at radius 3 is 2.43 bits per heavy atom. The van der Waals surface area contributed by atoms with Gasteiger partial charge in [-0.3, -0.25) is 0 Å². The van der Waals surface area contributed by atoms with Gasteiger partial charge in [0.25, 0.3) is 0 Å². The minimum absolute atomic E-state index is 0.219. The lowest BCUT2D eigenvalue weighted by Gasteiger charge is -2.20. The largest absolute Gasteiger partial charge is 0.380 e. The molecule has 1 N–H and O–H groups in total. The number of nitrogens with one attached hydrogen (secondary N) is 1. The van der Waals surface area contributed by atoms with E-state index in [1.54, 1.807) is 0 Å². The second kappa shape index (κ2) is 5.72. The number of hydrogen-bond acceptors (Lipinski definition) is 2. The van der Waals surface area contributed by atoms with E-state index in [9.17, 15) is 0 Å². The Hall–Kier alpha value is -0.0800. The Morgan fingerprint density at radius 1 is 1.21 bits per heavy atom. The van der Waals surface area contributed by atoms with E-state index >= 15 is 0 Å². The monoisotopic (exact) mass is 199 g/mol. The highest BCUT2D eigenvalue weighted by molar-refractivity contribution is 4.70. The summed E-state index contributed by atoms with van der Waals surface area (Å²) < 4.78 is 5.65. The summed E-state index contributed by atoms with van der Waals surface area (Å²) in [6.45, 7) is 9.35. The van der Waals surface area contributed by atoms with Crippen LogP contribution in [0.4, 0.5) is 0 Å². The molecule has 0 bridgehead atoms. The van der Waals surface area contributed by atoms with Crippen LogP contribution in [0.1, 0.15) is 46.5 Å². The molecule has 0 unspecified atom stereocenters. The minimum Gasteiger partial charge on any atom is -0.380 e. The number of hydrogen-bond donors (Lipinski definition) is 1. The van der Waals surface area contributed by atoms with E-state index < -0.39 is 0 Å². The van der Waals surface area contributed by atoms with Gasteiger partial charge in [-0.05, 0) is 39.5 Å². The van der Waals surface area contributed by atoms with E-state index in [0.29, 0.717) is 0 Å². The Kier molecular flexibility index (Phi) is 4.90. The van der Waals surface area contributed by atoms with Crippen molar-refractivity contribution in [2.75, 3.05) is 19.8 Å². The van der Waals surface area contributed by atoms with Crippen molar-refractivity contribution >= 4 is 0 Å². The molecule has 1 aliphatic carbocycles. The van der Waals surface area contributed by atoms with Gasteiger partial charge in [-0.2, -0.15) is 0 Å². The third-order valence-electron chi connectivity index (χ3n) is 2.73. The SMILES string of the molecule is CC(C)(C)NCCOCC1CCCC1. The lowest BCUT2D eigenvalue weighted by atomic mass is 10.1. The molecule has 14 heavy (non-hydrogen) atoms. The van der Waals surface area contributed by atoms with Crippen LogP contribution in [0.25, 0.3) is 0 Å². The molecule has 1 aliphatic rings. The lowest BCUT2D eigenvalue weighted by Crippen LogP contribution is -2.38. The Labute approximate surface area is 88.4 Å². The zero-order chi connectivity index (χ0) is 10.4. The fourth-order valence-corrected chi connectivity index (χ4v) is 1.93. The number of rotatable bonds is 5. The smallest absolute Gasteiger partial charge is 0.0591 e. The molecular formula is C12H25NO. The standard InChI is InChI=1S/C12H25NO/c1-12(2,3)13-8-9-14-10-11-6-4-5-7-11/h11,13H,4-10H2,1-3H3. The molecule has 0 spiro atoms. The zero-order valence-corrected chi connectivity index (χ0v) is 9.94.